The van der Waals surface area contributed by atoms with Crippen molar-refractivity contribution in [2.75, 3.05) is 13.7 Å². The second-order valence-corrected chi connectivity index (χ2v) is 4.30. The summed E-state index contributed by atoms with van der Waals surface area (Å²) in [6.45, 7) is -1.10. The van der Waals surface area contributed by atoms with Crippen LogP contribution in [0.2, 0.25) is 0 Å². The van der Waals surface area contributed by atoms with Crippen LogP contribution in [0.25, 0.3) is 0 Å². The van der Waals surface area contributed by atoms with Crippen molar-refractivity contribution in [2.24, 2.45) is 7.05 Å². The molecule has 0 saturated carbocycles. The third-order valence-electron chi connectivity index (χ3n) is 3.25. The fourth-order valence-corrected chi connectivity index (χ4v) is 2.36. The van der Waals surface area contributed by atoms with E-state index >= 15 is 0 Å². The lowest BCUT2D eigenvalue weighted by atomic mass is 9.96. The molecular weight excluding hydrogens is 262 g/mol. The van der Waals surface area contributed by atoms with Gasteiger partial charge in [0.25, 0.3) is 0 Å². The number of Topliss-reactive ketones (excluding diaryl/α,β-unsaturated/α-hetero) is 1. The number of allylic oxidation sites excluding steroid dienone is 2. The van der Waals surface area contributed by atoms with Crippen molar-refractivity contribution in [2.45, 2.75) is 19.4 Å². The Labute approximate surface area is 119 Å². The molecule has 0 bridgehead atoms. The van der Waals surface area contributed by atoms with Gasteiger partial charge in [0, 0.05) is 33.7 Å². The number of ether oxygens (including phenoxy) is 1. The SMILES string of the molecule is [2H]C(CO)C([2H])c1c(CO)c2c(n1C)C(=O)C=C(OC)C2=O. The number of ketones is 2. The highest BCUT2D eigenvalue weighted by atomic mass is 16.5. The molecule has 6 nitrogen and oxygen atoms in total. The van der Waals surface area contributed by atoms with Crippen molar-refractivity contribution in [3.05, 3.63) is 34.3 Å². The fourth-order valence-electron chi connectivity index (χ4n) is 2.36. The Kier molecular flexibility index (Phi) is 3.32. The molecule has 0 amide bonds. The van der Waals surface area contributed by atoms with Crippen molar-refractivity contribution in [3.8, 4) is 0 Å². The molecule has 0 aliphatic heterocycles. The number of carbonyl (C=O) groups is 2. The monoisotopic (exact) mass is 281 g/mol. The zero-order chi connectivity index (χ0) is 16.6. The third-order valence-corrected chi connectivity index (χ3v) is 3.25. The molecule has 2 atom stereocenters. The summed E-state index contributed by atoms with van der Waals surface area (Å²) in [6, 6.07) is 0. The first-order valence-electron chi connectivity index (χ1n) is 7.16. The lowest BCUT2D eigenvalue weighted by Crippen LogP contribution is -2.20. The third kappa shape index (κ3) is 2.07. The molecular formula is C14H17NO5. The Balaban J connectivity index is 2.70. The summed E-state index contributed by atoms with van der Waals surface area (Å²) in [5.74, 6) is -1.14. The Bertz CT molecular complexity index is 665. The molecule has 0 aromatic carbocycles. The standard InChI is InChI=1S/C14H17NO5/c1-15-9(4-3-5-16)8(7-17)12-13(15)10(18)6-11(20-2)14(12)19/h6,16-17H,3-5,7H2,1-2H3/i3D,4D. The molecule has 2 rings (SSSR count). The minimum absolute atomic E-state index is 0.00624. The van der Waals surface area contributed by atoms with Gasteiger partial charge in [-0.15, -0.1) is 0 Å². The summed E-state index contributed by atoms with van der Waals surface area (Å²) < 4.78 is 22.0. The van der Waals surface area contributed by atoms with Crippen LogP contribution in [0, 0.1) is 0 Å². The first-order chi connectivity index (χ1) is 10.4. The van der Waals surface area contributed by atoms with Crippen molar-refractivity contribution in [3.63, 3.8) is 0 Å². The van der Waals surface area contributed by atoms with E-state index in [2.05, 4.69) is 0 Å². The Hall–Kier alpha value is -1.92. The topological polar surface area (TPSA) is 88.8 Å². The first kappa shape index (κ1) is 11.9. The highest BCUT2D eigenvalue weighted by Crippen LogP contribution is 2.30. The normalized spacial score (nSPS) is 18.9. The predicted molar refractivity (Wildman–Crippen MR) is 70.5 cm³/mol. The fraction of sp³-hybridized carbons (Fsp3) is 0.429. The molecule has 1 aliphatic rings. The summed E-state index contributed by atoms with van der Waals surface area (Å²) in [4.78, 5) is 24.6. The second-order valence-electron chi connectivity index (χ2n) is 4.30. The van der Waals surface area contributed by atoms with Gasteiger partial charge in [0.1, 0.15) is 5.69 Å². The number of hydrogen-bond donors (Lipinski definition) is 2. The first-order valence-corrected chi connectivity index (χ1v) is 6.01. The Morgan fingerprint density at radius 2 is 2.10 bits per heavy atom. The predicted octanol–water partition coefficient (Wildman–Crippen LogP) is 0.352. The lowest BCUT2D eigenvalue weighted by molar-refractivity contribution is 0.0911. The minimum atomic E-state index is -1.20. The molecule has 0 spiro atoms. The Morgan fingerprint density at radius 1 is 1.40 bits per heavy atom. The number of aromatic nitrogens is 1. The number of hydrogen-bond acceptors (Lipinski definition) is 5. The zero-order valence-electron chi connectivity index (χ0n) is 13.2. The average Bonchev–Trinajstić information content (AvgIpc) is 2.82. The van der Waals surface area contributed by atoms with Crippen molar-refractivity contribution in [1.29, 1.82) is 0 Å². The van der Waals surface area contributed by atoms with Crippen LogP contribution in [0.4, 0.5) is 0 Å². The molecule has 2 unspecified atom stereocenters. The van der Waals surface area contributed by atoms with Crippen LogP contribution in [0.15, 0.2) is 11.8 Å². The van der Waals surface area contributed by atoms with E-state index in [0.717, 1.165) is 6.08 Å². The quantitative estimate of drug-likeness (QED) is 0.813. The van der Waals surface area contributed by atoms with Crippen molar-refractivity contribution >= 4 is 11.6 Å². The maximum atomic E-state index is 12.4. The maximum Gasteiger partial charge on any atom is 0.230 e. The van der Waals surface area contributed by atoms with Gasteiger partial charge in [0.05, 0.1) is 19.3 Å². The highest BCUT2D eigenvalue weighted by molar-refractivity contribution is 6.24. The van der Waals surface area contributed by atoms with Crippen LogP contribution < -0.4 is 0 Å². The maximum absolute atomic E-state index is 12.4. The minimum Gasteiger partial charge on any atom is -0.492 e. The highest BCUT2D eigenvalue weighted by Gasteiger charge is 2.34. The van der Waals surface area contributed by atoms with Gasteiger partial charge in [-0.1, -0.05) is 0 Å². The van der Waals surface area contributed by atoms with E-state index in [1.165, 1.54) is 18.7 Å². The van der Waals surface area contributed by atoms with Crippen LogP contribution in [0.3, 0.4) is 0 Å². The number of fused-ring (bicyclic) bond motifs is 1. The van der Waals surface area contributed by atoms with E-state index in [0.29, 0.717) is 0 Å². The van der Waals surface area contributed by atoms with E-state index in [4.69, 9.17) is 12.6 Å². The van der Waals surface area contributed by atoms with Gasteiger partial charge < -0.3 is 19.5 Å². The Morgan fingerprint density at radius 3 is 2.65 bits per heavy atom. The zero-order valence-corrected chi connectivity index (χ0v) is 11.2. The van der Waals surface area contributed by atoms with Crippen LogP contribution in [-0.2, 0) is 24.8 Å². The summed E-state index contributed by atoms with van der Waals surface area (Å²) in [5, 5.41) is 18.7. The van der Waals surface area contributed by atoms with Gasteiger partial charge in [0.15, 0.2) is 5.76 Å². The molecule has 2 N–H and O–H groups in total. The van der Waals surface area contributed by atoms with Gasteiger partial charge in [-0.3, -0.25) is 9.59 Å². The summed E-state index contributed by atoms with van der Waals surface area (Å²) in [6.07, 6.45) is -1.28. The molecule has 0 fully saturated rings. The van der Waals surface area contributed by atoms with Crippen LogP contribution in [0.1, 0.15) is 41.2 Å². The molecule has 20 heavy (non-hydrogen) atoms. The summed E-state index contributed by atoms with van der Waals surface area (Å²) >= 11 is 0. The molecule has 0 saturated heterocycles. The average molecular weight is 281 g/mol. The van der Waals surface area contributed by atoms with Crippen molar-refractivity contribution < 1.29 is 27.3 Å². The van der Waals surface area contributed by atoms with E-state index in [-0.39, 0.29) is 28.3 Å². The van der Waals surface area contributed by atoms with E-state index < -0.39 is 37.6 Å². The van der Waals surface area contributed by atoms with Gasteiger partial charge in [0.2, 0.25) is 11.6 Å². The van der Waals surface area contributed by atoms with Crippen molar-refractivity contribution in [1.82, 2.24) is 4.57 Å². The second kappa shape index (κ2) is 5.60. The lowest BCUT2D eigenvalue weighted by Gasteiger charge is -2.12. The molecule has 0 radical (unpaired) electrons. The number of methoxy groups -OCH3 is 1. The number of rotatable bonds is 5. The molecule has 1 aliphatic carbocycles. The van der Waals surface area contributed by atoms with Gasteiger partial charge >= 0.3 is 0 Å². The molecule has 1 aromatic rings. The summed E-state index contributed by atoms with van der Waals surface area (Å²) in [7, 11) is 2.76. The molecule has 6 heteroatoms. The van der Waals surface area contributed by atoms with Gasteiger partial charge in [-0.2, -0.15) is 0 Å². The van der Waals surface area contributed by atoms with Crippen LogP contribution in [0.5, 0.6) is 0 Å². The molecule has 1 heterocycles. The number of aliphatic hydroxyl groups is 2. The van der Waals surface area contributed by atoms with E-state index in [1.807, 2.05) is 0 Å². The van der Waals surface area contributed by atoms with Gasteiger partial charge in [-0.05, 0) is 12.8 Å². The summed E-state index contributed by atoms with van der Waals surface area (Å²) in [5.41, 5.74) is 0.372. The van der Waals surface area contributed by atoms with E-state index in [1.54, 1.807) is 0 Å². The molecule has 108 valence electrons. The molecule has 1 aromatic heterocycles. The largest absolute Gasteiger partial charge is 0.492 e. The van der Waals surface area contributed by atoms with Crippen LogP contribution in [-0.4, -0.2) is 40.1 Å². The number of nitrogens with zero attached hydrogens (tertiary/aromatic N) is 1. The number of carbonyl (C=O) groups excluding carboxylic acids is 2. The van der Waals surface area contributed by atoms with Gasteiger partial charge in [-0.25, -0.2) is 0 Å². The van der Waals surface area contributed by atoms with Crippen LogP contribution >= 0.6 is 0 Å². The van der Waals surface area contributed by atoms with E-state index in [9.17, 15) is 14.7 Å². The number of aliphatic hydroxyl groups excluding tert-OH is 2. The smallest absolute Gasteiger partial charge is 0.230 e.